The summed E-state index contributed by atoms with van der Waals surface area (Å²) >= 11 is 0. The Bertz CT molecular complexity index is 329. The normalized spacial score (nSPS) is 14.4. The number of nitrogens with zero attached hydrogens (tertiary/aromatic N) is 1. The smallest absolute Gasteiger partial charge is 0.323 e. The maximum absolute atomic E-state index is 10.9. The van der Waals surface area contributed by atoms with Gasteiger partial charge in [0.1, 0.15) is 6.04 Å². The van der Waals surface area contributed by atoms with E-state index in [2.05, 4.69) is 10.3 Å². The molecule has 1 aromatic heterocycles. The van der Waals surface area contributed by atoms with Crippen LogP contribution in [0.1, 0.15) is 18.7 Å². The van der Waals surface area contributed by atoms with E-state index in [1.54, 1.807) is 6.20 Å². The van der Waals surface area contributed by atoms with Gasteiger partial charge in [-0.15, -0.1) is 0 Å². The lowest BCUT2D eigenvalue weighted by molar-refractivity contribution is -0.141. The lowest BCUT2D eigenvalue weighted by Crippen LogP contribution is -2.41. The molecule has 0 bridgehead atoms. The first kappa shape index (κ1) is 12.6. The van der Waals surface area contributed by atoms with Crippen LogP contribution in [0, 0.1) is 0 Å². The van der Waals surface area contributed by atoms with Crippen molar-refractivity contribution in [2.75, 3.05) is 13.7 Å². The highest BCUT2D eigenvalue weighted by molar-refractivity contribution is 5.73. The van der Waals surface area contributed by atoms with Gasteiger partial charge in [-0.25, -0.2) is 0 Å². The molecule has 0 aliphatic heterocycles. The summed E-state index contributed by atoms with van der Waals surface area (Å²) in [6.45, 7) is 2.00. The third kappa shape index (κ3) is 3.60. The van der Waals surface area contributed by atoms with E-state index in [0.717, 1.165) is 5.69 Å². The zero-order valence-electron chi connectivity index (χ0n) is 9.38. The van der Waals surface area contributed by atoms with Crippen LogP contribution in [0.25, 0.3) is 0 Å². The number of aliphatic carboxylic acids is 1. The lowest BCUT2D eigenvalue weighted by Gasteiger charge is -2.18. The third-order valence-electron chi connectivity index (χ3n) is 2.21. The molecule has 16 heavy (non-hydrogen) atoms. The molecule has 2 N–H and O–H groups in total. The first-order valence-electron chi connectivity index (χ1n) is 5.04. The van der Waals surface area contributed by atoms with Gasteiger partial charge in [-0.3, -0.25) is 15.1 Å². The number of rotatable bonds is 6. The Hall–Kier alpha value is -1.46. The Balaban J connectivity index is 2.61. The van der Waals surface area contributed by atoms with Gasteiger partial charge in [0, 0.05) is 19.3 Å². The summed E-state index contributed by atoms with van der Waals surface area (Å²) in [6.07, 6.45) is 1.68. The third-order valence-corrected chi connectivity index (χ3v) is 2.21. The van der Waals surface area contributed by atoms with Crippen molar-refractivity contribution in [1.29, 1.82) is 0 Å². The molecule has 1 heterocycles. The van der Waals surface area contributed by atoms with Crippen LogP contribution >= 0.6 is 0 Å². The summed E-state index contributed by atoms with van der Waals surface area (Å²) in [4.78, 5) is 15.0. The maximum atomic E-state index is 10.9. The molecule has 1 unspecified atom stereocenters. The van der Waals surface area contributed by atoms with Crippen LogP contribution in [-0.2, 0) is 9.53 Å². The van der Waals surface area contributed by atoms with Crippen molar-refractivity contribution in [3.8, 4) is 0 Å². The summed E-state index contributed by atoms with van der Waals surface area (Å²) in [7, 11) is 1.48. The number of aromatic nitrogens is 1. The van der Waals surface area contributed by atoms with Crippen LogP contribution in [0.5, 0.6) is 0 Å². The molecule has 0 fully saturated rings. The van der Waals surface area contributed by atoms with E-state index in [0.29, 0.717) is 0 Å². The van der Waals surface area contributed by atoms with Crippen molar-refractivity contribution in [3.05, 3.63) is 30.1 Å². The summed E-state index contributed by atoms with van der Waals surface area (Å²) in [5.74, 6) is -0.926. The fourth-order valence-electron chi connectivity index (χ4n) is 1.38. The fraction of sp³-hybridized carbons (Fsp3) is 0.455. The van der Waals surface area contributed by atoms with Gasteiger partial charge in [-0.1, -0.05) is 6.07 Å². The Morgan fingerprint density at radius 2 is 2.38 bits per heavy atom. The van der Waals surface area contributed by atoms with Gasteiger partial charge in [0.2, 0.25) is 0 Å². The molecule has 0 amide bonds. The van der Waals surface area contributed by atoms with Crippen molar-refractivity contribution < 1.29 is 14.6 Å². The SMILES string of the molecule is COCC(N[C@H](C)c1ccccn1)C(=O)O. The van der Waals surface area contributed by atoms with Gasteiger partial charge >= 0.3 is 5.97 Å². The fourth-order valence-corrected chi connectivity index (χ4v) is 1.38. The molecule has 1 aromatic rings. The molecule has 5 heteroatoms. The van der Waals surface area contributed by atoms with Crippen LogP contribution in [0.2, 0.25) is 0 Å². The minimum absolute atomic E-state index is 0.127. The Kier molecular flexibility index (Phi) is 4.88. The molecule has 0 saturated heterocycles. The highest BCUT2D eigenvalue weighted by atomic mass is 16.5. The first-order valence-corrected chi connectivity index (χ1v) is 5.04. The monoisotopic (exact) mass is 224 g/mol. The average molecular weight is 224 g/mol. The van der Waals surface area contributed by atoms with E-state index in [-0.39, 0.29) is 12.6 Å². The van der Waals surface area contributed by atoms with Crippen molar-refractivity contribution in [1.82, 2.24) is 10.3 Å². The Morgan fingerprint density at radius 3 is 2.88 bits per heavy atom. The summed E-state index contributed by atoms with van der Waals surface area (Å²) in [5.41, 5.74) is 0.810. The van der Waals surface area contributed by atoms with E-state index >= 15 is 0 Å². The number of ether oxygens (including phenoxy) is 1. The van der Waals surface area contributed by atoms with Crippen LogP contribution in [0.4, 0.5) is 0 Å². The zero-order valence-corrected chi connectivity index (χ0v) is 9.38. The minimum atomic E-state index is -0.926. The molecule has 5 nitrogen and oxygen atoms in total. The van der Waals surface area contributed by atoms with E-state index in [9.17, 15) is 4.79 Å². The van der Waals surface area contributed by atoms with Gasteiger partial charge < -0.3 is 9.84 Å². The second-order valence-electron chi connectivity index (χ2n) is 3.49. The van der Waals surface area contributed by atoms with Crippen molar-refractivity contribution >= 4 is 5.97 Å². The van der Waals surface area contributed by atoms with Gasteiger partial charge in [-0.2, -0.15) is 0 Å². The molecule has 0 aliphatic carbocycles. The second kappa shape index (κ2) is 6.19. The number of carboxylic acids is 1. The number of carboxylic acid groups (broad SMARTS) is 1. The van der Waals surface area contributed by atoms with Crippen LogP contribution < -0.4 is 5.32 Å². The van der Waals surface area contributed by atoms with Gasteiger partial charge in [-0.05, 0) is 19.1 Å². The number of nitrogens with one attached hydrogen (secondary N) is 1. The molecule has 0 saturated carbocycles. The number of pyridine rings is 1. The van der Waals surface area contributed by atoms with E-state index in [1.165, 1.54) is 7.11 Å². The Labute approximate surface area is 94.5 Å². The van der Waals surface area contributed by atoms with E-state index in [4.69, 9.17) is 9.84 Å². The molecule has 0 radical (unpaired) electrons. The second-order valence-corrected chi connectivity index (χ2v) is 3.49. The quantitative estimate of drug-likeness (QED) is 0.749. The van der Waals surface area contributed by atoms with Crippen LogP contribution in [0.3, 0.4) is 0 Å². The van der Waals surface area contributed by atoms with E-state index in [1.807, 2.05) is 25.1 Å². The predicted molar refractivity (Wildman–Crippen MR) is 59.1 cm³/mol. The summed E-state index contributed by atoms with van der Waals surface area (Å²) in [6, 6.07) is 4.69. The largest absolute Gasteiger partial charge is 0.480 e. The van der Waals surface area contributed by atoms with Crippen molar-refractivity contribution in [2.24, 2.45) is 0 Å². The summed E-state index contributed by atoms with van der Waals surface area (Å²) < 4.78 is 4.84. The predicted octanol–water partition coefficient (Wildman–Crippen LogP) is 0.832. The molecule has 0 aliphatic rings. The molecule has 88 valence electrons. The molecule has 1 rings (SSSR count). The minimum Gasteiger partial charge on any atom is -0.480 e. The standard InChI is InChI=1S/C11H16N2O3/c1-8(9-5-3-4-6-12-9)13-10(7-16-2)11(14)15/h3-6,8,10,13H,7H2,1-2H3,(H,14,15)/t8-,10?/m1/s1. The molecule has 2 atom stereocenters. The summed E-state index contributed by atoms with van der Waals surface area (Å²) in [5, 5.41) is 11.9. The molecular formula is C11H16N2O3. The highest BCUT2D eigenvalue weighted by Gasteiger charge is 2.20. The van der Waals surface area contributed by atoms with Crippen molar-refractivity contribution in [2.45, 2.75) is 19.0 Å². The first-order chi connectivity index (χ1) is 7.65. The maximum Gasteiger partial charge on any atom is 0.323 e. The Morgan fingerprint density at radius 1 is 1.62 bits per heavy atom. The van der Waals surface area contributed by atoms with Crippen molar-refractivity contribution in [3.63, 3.8) is 0 Å². The molecule has 0 spiro atoms. The van der Waals surface area contributed by atoms with Crippen LogP contribution in [0.15, 0.2) is 24.4 Å². The van der Waals surface area contributed by atoms with E-state index < -0.39 is 12.0 Å². The number of hydrogen-bond acceptors (Lipinski definition) is 4. The highest BCUT2D eigenvalue weighted by Crippen LogP contribution is 2.09. The average Bonchev–Trinajstić information content (AvgIpc) is 2.29. The van der Waals surface area contributed by atoms with Gasteiger partial charge in [0.25, 0.3) is 0 Å². The van der Waals surface area contributed by atoms with Crippen LogP contribution in [-0.4, -0.2) is 35.8 Å². The number of methoxy groups -OCH3 is 1. The molecular weight excluding hydrogens is 208 g/mol. The van der Waals surface area contributed by atoms with Gasteiger partial charge in [0.05, 0.1) is 12.3 Å². The lowest BCUT2D eigenvalue weighted by atomic mass is 10.2. The van der Waals surface area contributed by atoms with Gasteiger partial charge in [0.15, 0.2) is 0 Å². The number of carbonyl (C=O) groups is 1. The molecule has 0 aromatic carbocycles. The number of hydrogen-bond donors (Lipinski definition) is 2. The zero-order chi connectivity index (χ0) is 12.0. The topological polar surface area (TPSA) is 71.5 Å².